The molecule has 0 unspecified atom stereocenters. The zero-order chi connectivity index (χ0) is 17.8. The summed E-state index contributed by atoms with van der Waals surface area (Å²) in [5.41, 5.74) is 10.1. The third kappa shape index (κ3) is 3.43. The number of para-hydroxylation sites is 1. The molecular formula is C21H22N2O2. The fraction of sp³-hybridized carbons (Fsp3) is 0.190. The van der Waals surface area contributed by atoms with Gasteiger partial charge in [0, 0.05) is 17.8 Å². The van der Waals surface area contributed by atoms with Crippen LogP contribution in [0.15, 0.2) is 60.7 Å². The van der Waals surface area contributed by atoms with Gasteiger partial charge in [-0.05, 0) is 37.1 Å². The van der Waals surface area contributed by atoms with Gasteiger partial charge in [0.1, 0.15) is 5.75 Å². The largest absolute Gasteiger partial charge is 0.496 e. The van der Waals surface area contributed by atoms with E-state index in [-0.39, 0.29) is 0 Å². The lowest BCUT2D eigenvalue weighted by Crippen LogP contribution is -2.13. The minimum absolute atomic E-state index is 0.410. The van der Waals surface area contributed by atoms with Crippen molar-refractivity contribution in [1.82, 2.24) is 4.57 Å². The maximum absolute atomic E-state index is 11.8. The number of methoxy groups -OCH3 is 1. The van der Waals surface area contributed by atoms with Crippen LogP contribution in [0.2, 0.25) is 0 Å². The summed E-state index contributed by atoms with van der Waals surface area (Å²) >= 11 is 0. The summed E-state index contributed by atoms with van der Waals surface area (Å²) in [7, 11) is 1.65. The molecule has 0 radical (unpaired) electrons. The number of amides is 1. The molecule has 0 saturated heterocycles. The average molecular weight is 334 g/mol. The normalized spacial score (nSPS) is 10.6. The summed E-state index contributed by atoms with van der Waals surface area (Å²) in [4.78, 5) is 11.8. The van der Waals surface area contributed by atoms with Crippen LogP contribution in [0.25, 0.3) is 11.3 Å². The molecule has 1 aromatic heterocycles. The van der Waals surface area contributed by atoms with Crippen LogP contribution >= 0.6 is 0 Å². The van der Waals surface area contributed by atoms with Gasteiger partial charge in [-0.1, -0.05) is 42.5 Å². The molecule has 4 heteroatoms. The van der Waals surface area contributed by atoms with E-state index in [9.17, 15) is 4.79 Å². The van der Waals surface area contributed by atoms with Gasteiger partial charge in [-0.25, -0.2) is 0 Å². The smallest absolute Gasteiger partial charge is 0.250 e. The SMILES string of the molecule is COc1ccccc1-c1cc(C(N)=O)c(C)n1CCc1ccccc1. The monoisotopic (exact) mass is 334 g/mol. The average Bonchev–Trinajstić information content (AvgIpc) is 2.97. The molecule has 0 saturated carbocycles. The molecule has 2 N–H and O–H groups in total. The summed E-state index contributed by atoms with van der Waals surface area (Å²) in [5, 5.41) is 0. The van der Waals surface area contributed by atoms with Gasteiger partial charge >= 0.3 is 0 Å². The summed E-state index contributed by atoms with van der Waals surface area (Å²) < 4.78 is 7.64. The maximum atomic E-state index is 11.8. The quantitative estimate of drug-likeness (QED) is 0.745. The number of ether oxygens (including phenoxy) is 1. The molecule has 0 aliphatic heterocycles. The highest BCUT2D eigenvalue weighted by Gasteiger charge is 2.18. The molecule has 1 amide bonds. The molecule has 25 heavy (non-hydrogen) atoms. The molecule has 0 atom stereocenters. The predicted octanol–water partition coefficient (Wildman–Crippen LogP) is 3.81. The molecule has 2 aromatic carbocycles. The van der Waals surface area contributed by atoms with Crippen molar-refractivity contribution in [2.45, 2.75) is 19.9 Å². The topological polar surface area (TPSA) is 57.2 Å². The van der Waals surface area contributed by atoms with Gasteiger partial charge in [-0.3, -0.25) is 4.79 Å². The third-order valence-electron chi connectivity index (χ3n) is 4.48. The van der Waals surface area contributed by atoms with Gasteiger partial charge in [0.25, 0.3) is 5.91 Å². The number of benzene rings is 2. The lowest BCUT2D eigenvalue weighted by Gasteiger charge is -2.14. The van der Waals surface area contributed by atoms with Gasteiger partial charge in [0.2, 0.25) is 0 Å². The van der Waals surface area contributed by atoms with Crippen molar-refractivity contribution in [3.63, 3.8) is 0 Å². The van der Waals surface area contributed by atoms with Crippen molar-refractivity contribution in [3.8, 4) is 17.0 Å². The Balaban J connectivity index is 2.05. The molecule has 128 valence electrons. The van der Waals surface area contributed by atoms with Gasteiger partial charge in [-0.15, -0.1) is 0 Å². The van der Waals surface area contributed by atoms with Crippen LogP contribution < -0.4 is 10.5 Å². The minimum Gasteiger partial charge on any atom is -0.496 e. The van der Waals surface area contributed by atoms with Crippen LogP contribution in [0.5, 0.6) is 5.75 Å². The summed E-state index contributed by atoms with van der Waals surface area (Å²) in [5.74, 6) is 0.365. The number of primary amides is 1. The summed E-state index contributed by atoms with van der Waals surface area (Å²) in [6.07, 6.45) is 0.872. The summed E-state index contributed by atoms with van der Waals surface area (Å²) in [6, 6.07) is 20.0. The second-order valence-corrected chi connectivity index (χ2v) is 5.98. The number of carbonyl (C=O) groups is 1. The number of carbonyl (C=O) groups excluding carboxylic acids is 1. The van der Waals surface area contributed by atoms with Gasteiger partial charge in [0.15, 0.2) is 0 Å². The van der Waals surface area contributed by atoms with Gasteiger partial charge in [-0.2, -0.15) is 0 Å². The highest BCUT2D eigenvalue weighted by Crippen LogP contribution is 2.33. The number of rotatable bonds is 6. The first-order valence-electron chi connectivity index (χ1n) is 8.29. The van der Waals surface area contributed by atoms with Crippen LogP contribution in [-0.4, -0.2) is 17.6 Å². The maximum Gasteiger partial charge on any atom is 0.250 e. The molecule has 0 spiro atoms. The number of hydrogen-bond acceptors (Lipinski definition) is 2. The zero-order valence-electron chi connectivity index (χ0n) is 14.5. The first-order valence-corrected chi connectivity index (χ1v) is 8.29. The van der Waals surface area contributed by atoms with Crippen LogP contribution in [0.4, 0.5) is 0 Å². The molecule has 4 nitrogen and oxygen atoms in total. The number of aromatic nitrogens is 1. The predicted molar refractivity (Wildman–Crippen MR) is 99.8 cm³/mol. The van der Waals surface area contributed by atoms with Gasteiger partial charge < -0.3 is 15.0 Å². The van der Waals surface area contributed by atoms with E-state index in [1.165, 1.54) is 5.56 Å². The third-order valence-corrected chi connectivity index (χ3v) is 4.48. The number of hydrogen-bond donors (Lipinski definition) is 1. The molecule has 0 fully saturated rings. The second-order valence-electron chi connectivity index (χ2n) is 5.98. The lowest BCUT2D eigenvalue weighted by molar-refractivity contribution is 0.0999. The number of aryl methyl sites for hydroxylation is 1. The van der Waals surface area contributed by atoms with E-state index in [4.69, 9.17) is 10.5 Å². The van der Waals surface area contributed by atoms with E-state index in [1.54, 1.807) is 7.11 Å². The number of nitrogens with zero attached hydrogens (tertiary/aromatic N) is 1. The Kier molecular flexibility index (Phi) is 4.89. The van der Waals surface area contributed by atoms with E-state index >= 15 is 0 Å². The van der Waals surface area contributed by atoms with Gasteiger partial charge in [0.05, 0.1) is 18.4 Å². The molecule has 0 aliphatic rings. The van der Waals surface area contributed by atoms with Crippen molar-refractivity contribution < 1.29 is 9.53 Å². The molecule has 3 aromatic rings. The van der Waals surface area contributed by atoms with Crippen LogP contribution in [-0.2, 0) is 13.0 Å². The first-order chi connectivity index (χ1) is 12.1. The van der Waals surface area contributed by atoms with Crippen molar-refractivity contribution >= 4 is 5.91 Å². The van der Waals surface area contributed by atoms with E-state index in [0.717, 1.165) is 35.7 Å². The minimum atomic E-state index is -0.410. The Hall–Kier alpha value is -3.01. The fourth-order valence-corrected chi connectivity index (χ4v) is 3.15. The highest BCUT2D eigenvalue weighted by atomic mass is 16.5. The number of nitrogens with two attached hydrogens (primary N) is 1. The first kappa shape index (κ1) is 16.8. The Morgan fingerprint density at radius 1 is 1.08 bits per heavy atom. The Morgan fingerprint density at radius 2 is 1.76 bits per heavy atom. The van der Waals surface area contributed by atoms with Crippen LogP contribution in [0, 0.1) is 6.92 Å². The Labute approximate surface area is 147 Å². The standard InChI is InChI=1S/C21H22N2O2/c1-15-18(21(22)24)14-19(17-10-6-7-11-20(17)25-2)23(15)13-12-16-8-4-3-5-9-16/h3-11,14H,12-13H2,1-2H3,(H2,22,24). The molecule has 3 rings (SSSR count). The van der Waals surface area contributed by atoms with Crippen molar-refractivity contribution in [1.29, 1.82) is 0 Å². The summed E-state index contributed by atoms with van der Waals surface area (Å²) in [6.45, 7) is 2.69. The second kappa shape index (κ2) is 7.26. The van der Waals surface area contributed by atoms with Crippen LogP contribution in [0.3, 0.4) is 0 Å². The Bertz CT molecular complexity index is 882. The lowest BCUT2D eigenvalue weighted by atomic mass is 10.1. The molecule has 0 bridgehead atoms. The Morgan fingerprint density at radius 3 is 2.44 bits per heavy atom. The van der Waals surface area contributed by atoms with E-state index in [2.05, 4.69) is 16.7 Å². The van der Waals surface area contributed by atoms with Crippen molar-refractivity contribution in [2.24, 2.45) is 5.73 Å². The van der Waals surface area contributed by atoms with E-state index in [0.29, 0.717) is 5.56 Å². The zero-order valence-corrected chi connectivity index (χ0v) is 14.5. The fourth-order valence-electron chi connectivity index (χ4n) is 3.15. The molecule has 1 heterocycles. The van der Waals surface area contributed by atoms with E-state index in [1.807, 2.05) is 55.5 Å². The van der Waals surface area contributed by atoms with E-state index < -0.39 is 5.91 Å². The van der Waals surface area contributed by atoms with Crippen LogP contribution in [0.1, 0.15) is 21.6 Å². The van der Waals surface area contributed by atoms with Crippen molar-refractivity contribution in [3.05, 3.63) is 77.5 Å². The molecular weight excluding hydrogens is 312 g/mol. The molecule has 0 aliphatic carbocycles. The highest BCUT2D eigenvalue weighted by molar-refractivity contribution is 5.96. The van der Waals surface area contributed by atoms with Crippen molar-refractivity contribution in [2.75, 3.05) is 7.11 Å².